The van der Waals surface area contributed by atoms with Crippen LogP contribution in [0.2, 0.25) is 0 Å². The third-order valence-electron chi connectivity index (χ3n) is 3.95. The highest BCUT2D eigenvalue weighted by Gasteiger charge is 2.34. The van der Waals surface area contributed by atoms with Crippen LogP contribution in [0.25, 0.3) is 0 Å². The van der Waals surface area contributed by atoms with Crippen molar-refractivity contribution in [3.63, 3.8) is 0 Å². The van der Waals surface area contributed by atoms with E-state index in [1.165, 1.54) is 5.56 Å². The Morgan fingerprint density at radius 3 is 2.24 bits per heavy atom. The Morgan fingerprint density at radius 2 is 1.71 bits per heavy atom. The minimum absolute atomic E-state index is 0.189. The molecule has 2 unspecified atom stereocenters. The van der Waals surface area contributed by atoms with Crippen LogP contribution in [-0.4, -0.2) is 11.7 Å². The predicted octanol–water partition coefficient (Wildman–Crippen LogP) is 5.65. The zero-order chi connectivity index (χ0) is 16.4. The van der Waals surface area contributed by atoms with Crippen LogP contribution in [0, 0.1) is 32.1 Å². The summed E-state index contributed by atoms with van der Waals surface area (Å²) in [5.74, 6) is 0.296. The molecule has 0 aliphatic heterocycles. The number of hydrogen-bond acceptors (Lipinski definition) is 2. The van der Waals surface area contributed by atoms with Crippen LogP contribution in [0.15, 0.2) is 12.1 Å². The van der Waals surface area contributed by atoms with Crippen LogP contribution in [0.3, 0.4) is 0 Å². The number of hydrogen-bond donors (Lipinski definition) is 0. The monoisotopic (exact) mass is 307 g/mol. The van der Waals surface area contributed by atoms with E-state index >= 15 is 0 Å². The van der Waals surface area contributed by atoms with Crippen LogP contribution >= 0.6 is 7.80 Å². The van der Waals surface area contributed by atoms with E-state index in [1.807, 2.05) is 32.9 Å². The van der Waals surface area contributed by atoms with Gasteiger partial charge in [-0.2, -0.15) is 0 Å². The first-order valence-electron chi connectivity index (χ1n) is 7.58. The van der Waals surface area contributed by atoms with Crippen LogP contribution < -0.4 is 0 Å². The number of benzene rings is 1. The molecular formula is C18H28O2P+. The second-order valence-corrected chi connectivity index (χ2v) is 8.94. The molecule has 1 rings (SSSR count). The first-order chi connectivity index (χ1) is 9.53. The van der Waals surface area contributed by atoms with E-state index < -0.39 is 7.80 Å². The number of carbonyl (C=O) groups excluding carboxylic acids is 1. The van der Waals surface area contributed by atoms with Crippen molar-refractivity contribution in [2.45, 2.75) is 54.9 Å². The van der Waals surface area contributed by atoms with Gasteiger partial charge in [0.1, 0.15) is 0 Å². The summed E-state index contributed by atoms with van der Waals surface area (Å²) < 4.78 is 12.4. The molecule has 21 heavy (non-hydrogen) atoms. The lowest BCUT2D eigenvalue weighted by molar-refractivity contribution is 0.107. The summed E-state index contributed by atoms with van der Waals surface area (Å²) >= 11 is 0. The van der Waals surface area contributed by atoms with Gasteiger partial charge in [0.25, 0.3) is 0 Å². The van der Waals surface area contributed by atoms with E-state index in [1.54, 1.807) is 0 Å². The number of rotatable bonds is 5. The molecule has 1 aromatic rings. The highest BCUT2D eigenvalue weighted by atomic mass is 31.1. The average Bonchev–Trinajstić information content (AvgIpc) is 2.33. The Labute approximate surface area is 130 Å². The van der Waals surface area contributed by atoms with Crippen molar-refractivity contribution < 1.29 is 9.36 Å². The van der Waals surface area contributed by atoms with E-state index in [-0.39, 0.29) is 10.9 Å². The Hall–Kier alpha value is -1.01. The van der Waals surface area contributed by atoms with Gasteiger partial charge in [-0.15, -0.1) is 0 Å². The summed E-state index contributed by atoms with van der Waals surface area (Å²) in [6, 6.07) is 3.76. The van der Waals surface area contributed by atoms with Crippen molar-refractivity contribution in [1.29, 1.82) is 0 Å². The fourth-order valence-corrected chi connectivity index (χ4v) is 4.17. The molecule has 0 N–H and O–H groups in total. The van der Waals surface area contributed by atoms with Gasteiger partial charge in [-0.3, -0.25) is 0 Å². The van der Waals surface area contributed by atoms with E-state index in [0.29, 0.717) is 17.6 Å². The summed E-state index contributed by atoms with van der Waals surface area (Å²) in [6.45, 7) is 14.6. The highest BCUT2D eigenvalue weighted by molar-refractivity contribution is 7.64. The maximum Gasteiger partial charge on any atom is 0.420 e. The molecule has 0 aromatic heterocycles. The van der Waals surface area contributed by atoms with Crippen molar-refractivity contribution in [2.75, 3.05) is 6.16 Å². The van der Waals surface area contributed by atoms with Gasteiger partial charge in [0.05, 0.1) is 5.56 Å². The average molecular weight is 307 g/mol. The molecular weight excluding hydrogens is 279 g/mol. The standard InChI is InChI=1S/C18H28O2P/c1-12(10-18(5,6)7)11-21(20)17(19)16-9-8-13(2)14(3)15(16)4/h8-9,12H,10-11H2,1-7H3/q+1. The molecule has 3 heteroatoms. The third-order valence-corrected chi connectivity index (χ3v) is 5.60. The van der Waals surface area contributed by atoms with E-state index in [0.717, 1.165) is 17.5 Å². The van der Waals surface area contributed by atoms with E-state index in [4.69, 9.17) is 0 Å². The Morgan fingerprint density at radius 1 is 1.14 bits per heavy atom. The van der Waals surface area contributed by atoms with E-state index in [9.17, 15) is 9.36 Å². The smallest absolute Gasteiger partial charge is 0.234 e. The molecule has 0 amide bonds. The maximum atomic E-state index is 12.4. The van der Waals surface area contributed by atoms with Crippen molar-refractivity contribution in [1.82, 2.24) is 0 Å². The van der Waals surface area contributed by atoms with Crippen molar-refractivity contribution in [3.8, 4) is 0 Å². The molecule has 1 aromatic carbocycles. The number of carbonyl (C=O) groups is 1. The summed E-state index contributed by atoms with van der Waals surface area (Å²) in [5.41, 5.74) is 3.89. The van der Waals surface area contributed by atoms with Gasteiger partial charge >= 0.3 is 13.3 Å². The molecule has 0 heterocycles. The Kier molecular flexibility index (Phi) is 5.87. The van der Waals surface area contributed by atoms with E-state index in [2.05, 4.69) is 27.7 Å². The molecule has 0 saturated carbocycles. The molecule has 116 valence electrons. The molecule has 0 aliphatic rings. The number of aryl methyl sites for hydroxylation is 1. The quantitative estimate of drug-likeness (QED) is 0.658. The lowest BCUT2D eigenvalue weighted by Gasteiger charge is -2.20. The third kappa shape index (κ3) is 5.04. The van der Waals surface area contributed by atoms with Gasteiger partial charge in [0, 0.05) is 5.92 Å². The second-order valence-electron chi connectivity index (χ2n) is 7.42. The van der Waals surface area contributed by atoms with Gasteiger partial charge in [0.2, 0.25) is 0 Å². The van der Waals surface area contributed by atoms with Crippen LogP contribution in [0.1, 0.15) is 61.2 Å². The lowest BCUT2D eigenvalue weighted by Crippen LogP contribution is -2.13. The Bertz CT molecular complexity index is 553. The van der Waals surface area contributed by atoms with Gasteiger partial charge in [-0.25, -0.2) is 4.79 Å². The summed E-state index contributed by atoms with van der Waals surface area (Å²) in [5, 5.41) is 0. The van der Waals surface area contributed by atoms with Crippen molar-refractivity contribution in [2.24, 2.45) is 11.3 Å². The Balaban J connectivity index is 2.85. The molecule has 0 fully saturated rings. The lowest BCUT2D eigenvalue weighted by atomic mass is 9.86. The molecule has 2 nitrogen and oxygen atoms in total. The minimum Gasteiger partial charge on any atom is -0.234 e. The zero-order valence-electron chi connectivity index (χ0n) is 14.4. The maximum absolute atomic E-state index is 12.4. The molecule has 2 atom stereocenters. The zero-order valence-corrected chi connectivity index (χ0v) is 15.3. The first kappa shape index (κ1) is 18.0. The SMILES string of the molecule is Cc1ccc(C(=O)[P+](=O)CC(C)CC(C)(C)C)c(C)c1C. The topological polar surface area (TPSA) is 34.1 Å². The first-order valence-corrected chi connectivity index (χ1v) is 9.03. The predicted molar refractivity (Wildman–Crippen MR) is 90.7 cm³/mol. The largest absolute Gasteiger partial charge is 0.420 e. The summed E-state index contributed by atoms with van der Waals surface area (Å²) in [6.07, 6.45) is 1.46. The molecule has 0 radical (unpaired) electrons. The summed E-state index contributed by atoms with van der Waals surface area (Å²) in [4.78, 5) is 12.4. The van der Waals surface area contributed by atoms with Crippen molar-refractivity contribution in [3.05, 3.63) is 34.4 Å². The normalized spacial score (nSPS) is 14.0. The second kappa shape index (κ2) is 6.83. The van der Waals surface area contributed by atoms with Gasteiger partial charge in [0.15, 0.2) is 6.16 Å². The molecule has 0 aliphatic carbocycles. The minimum atomic E-state index is -1.84. The molecule has 0 spiro atoms. The highest BCUT2D eigenvalue weighted by Crippen LogP contribution is 2.35. The van der Waals surface area contributed by atoms with Crippen LogP contribution in [0.5, 0.6) is 0 Å². The molecule has 0 saturated heterocycles. The van der Waals surface area contributed by atoms with Gasteiger partial charge in [-0.05, 0) is 55.4 Å². The van der Waals surface area contributed by atoms with Crippen LogP contribution in [-0.2, 0) is 4.57 Å². The van der Waals surface area contributed by atoms with Gasteiger partial charge < -0.3 is 0 Å². The fraction of sp³-hybridized carbons (Fsp3) is 0.611. The fourth-order valence-electron chi connectivity index (χ4n) is 2.80. The summed E-state index contributed by atoms with van der Waals surface area (Å²) in [7, 11) is -1.84. The van der Waals surface area contributed by atoms with Crippen molar-refractivity contribution >= 4 is 13.3 Å². The van der Waals surface area contributed by atoms with Crippen LogP contribution in [0.4, 0.5) is 0 Å². The van der Waals surface area contributed by atoms with Gasteiger partial charge in [-0.1, -0.05) is 38.3 Å². The molecule has 0 bridgehead atoms.